The van der Waals surface area contributed by atoms with Crippen LogP contribution in [-0.2, 0) is 13.2 Å². The first kappa shape index (κ1) is 15.3. The van der Waals surface area contributed by atoms with E-state index in [1.54, 1.807) is 0 Å². The predicted molar refractivity (Wildman–Crippen MR) is 93.3 cm³/mol. The normalized spacial score (nSPS) is 10.7. The van der Waals surface area contributed by atoms with E-state index in [4.69, 9.17) is 4.74 Å². The van der Waals surface area contributed by atoms with Crippen LogP contribution in [0.4, 0.5) is 0 Å². The molecular formula is C20H22N2O. The van der Waals surface area contributed by atoms with Crippen LogP contribution in [0, 0.1) is 0 Å². The van der Waals surface area contributed by atoms with Crippen molar-refractivity contribution in [3.05, 3.63) is 72.4 Å². The molecule has 0 radical (unpaired) electrons. The van der Waals surface area contributed by atoms with Crippen LogP contribution in [0.15, 0.2) is 66.9 Å². The summed E-state index contributed by atoms with van der Waals surface area (Å²) >= 11 is 0. The lowest BCUT2D eigenvalue weighted by molar-refractivity contribution is 0.306. The van der Waals surface area contributed by atoms with Gasteiger partial charge in [0.1, 0.15) is 12.4 Å². The minimum atomic E-state index is 0.579. The van der Waals surface area contributed by atoms with Crippen molar-refractivity contribution in [1.82, 2.24) is 9.78 Å². The summed E-state index contributed by atoms with van der Waals surface area (Å²) in [4.78, 5) is 0. The van der Waals surface area contributed by atoms with E-state index in [0.717, 1.165) is 30.0 Å². The highest BCUT2D eigenvalue weighted by Gasteiger charge is 2.04. The van der Waals surface area contributed by atoms with Crippen molar-refractivity contribution in [2.75, 3.05) is 0 Å². The number of rotatable bonds is 7. The molecule has 0 fully saturated rings. The van der Waals surface area contributed by atoms with E-state index in [0.29, 0.717) is 6.61 Å². The molecule has 3 aromatic rings. The number of unbranched alkanes of at least 4 members (excludes halogenated alkanes) is 1. The molecule has 0 saturated heterocycles. The summed E-state index contributed by atoms with van der Waals surface area (Å²) in [6.45, 7) is 3.74. The Hall–Kier alpha value is -2.55. The average molecular weight is 306 g/mol. The van der Waals surface area contributed by atoms with Gasteiger partial charge in [-0.1, -0.05) is 55.8 Å². The van der Waals surface area contributed by atoms with Crippen LogP contribution in [0.25, 0.3) is 11.3 Å². The third kappa shape index (κ3) is 4.22. The third-order valence-electron chi connectivity index (χ3n) is 3.76. The number of aryl methyl sites for hydroxylation is 1. The second kappa shape index (κ2) is 7.63. The summed E-state index contributed by atoms with van der Waals surface area (Å²) in [7, 11) is 0. The van der Waals surface area contributed by atoms with E-state index in [2.05, 4.69) is 42.4 Å². The van der Waals surface area contributed by atoms with E-state index in [9.17, 15) is 0 Å². The zero-order valence-electron chi connectivity index (χ0n) is 13.5. The van der Waals surface area contributed by atoms with Gasteiger partial charge in [-0.05, 0) is 30.2 Å². The minimum Gasteiger partial charge on any atom is -0.489 e. The minimum absolute atomic E-state index is 0.579. The second-order valence-corrected chi connectivity index (χ2v) is 5.62. The van der Waals surface area contributed by atoms with Gasteiger partial charge >= 0.3 is 0 Å². The summed E-state index contributed by atoms with van der Waals surface area (Å²) in [5.74, 6) is 0.870. The van der Waals surface area contributed by atoms with Gasteiger partial charge in [-0.3, -0.25) is 4.68 Å². The molecule has 0 amide bonds. The Bertz CT molecular complexity index is 734. The molecule has 3 rings (SSSR count). The van der Waals surface area contributed by atoms with Gasteiger partial charge < -0.3 is 4.74 Å². The number of benzene rings is 2. The molecule has 0 aliphatic heterocycles. The van der Waals surface area contributed by atoms with Crippen molar-refractivity contribution in [2.45, 2.75) is 32.9 Å². The first-order valence-corrected chi connectivity index (χ1v) is 8.16. The van der Waals surface area contributed by atoms with Crippen LogP contribution in [0.2, 0.25) is 0 Å². The molecule has 2 aromatic carbocycles. The SMILES string of the molecule is CCCCn1ccc(-c2cccc(OCc3ccccc3)c2)n1. The van der Waals surface area contributed by atoms with Gasteiger partial charge in [0.2, 0.25) is 0 Å². The van der Waals surface area contributed by atoms with E-state index in [1.807, 2.05) is 41.2 Å². The summed E-state index contributed by atoms with van der Waals surface area (Å²) in [5.41, 5.74) is 3.25. The molecule has 0 aliphatic rings. The summed E-state index contributed by atoms with van der Waals surface area (Å²) < 4.78 is 7.90. The number of nitrogens with zero attached hydrogens (tertiary/aromatic N) is 2. The van der Waals surface area contributed by atoms with Crippen molar-refractivity contribution < 1.29 is 4.74 Å². The Morgan fingerprint density at radius 2 is 1.87 bits per heavy atom. The Morgan fingerprint density at radius 1 is 1.00 bits per heavy atom. The quantitative estimate of drug-likeness (QED) is 0.619. The highest BCUT2D eigenvalue weighted by molar-refractivity contribution is 5.60. The Morgan fingerprint density at radius 3 is 2.70 bits per heavy atom. The summed E-state index contributed by atoms with van der Waals surface area (Å²) in [6, 6.07) is 20.4. The largest absolute Gasteiger partial charge is 0.489 e. The fourth-order valence-electron chi connectivity index (χ4n) is 2.45. The number of hydrogen-bond acceptors (Lipinski definition) is 2. The molecule has 3 nitrogen and oxygen atoms in total. The van der Waals surface area contributed by atoms with Crippen molar-refractivity contribution in [2.24, 2.45) is 0 Å². The van der Waals surface area contributed by atoms with Crippen LogP contribution >= 0.6 is 0 Å². The summed E-state index contributed by atoms with van der Waals surface area (Å²) in [6.07, 6.45) is 4.38. The first-order chi connectivity index (χ1) is 11.3. The summed E-state index contributed by atoms with van der Waals surface area (Å²) in [5, 5.41) is 4.64. The van der Waals surface area contributed by atoms with Crippen LogP contribution in [0.5, 0.6) is 5.75 Å². The van der Waals surface area contributed by atoms with Gasteiger partial charge in [0, 0.05) is 18.3 Å². The van der Waals surface area contributed by atoms with Crippen molar-refractivity contribution in [3.63, 3.8) is 0 Å². The average Bonchev–Trinajstić information content (AvgIpc) is 3.08. The molecule has 118 valence electrons. The molecule has 3 heteroatoms. The molecule has 0 spiro atoms. The van der Waals surface area contributed by atoms with Crippen LogP contribution in [0.1, 0.15) is 25.3 Å². The van der Waals surface area contributed by atoms with Gasteiger partial charge in [0.15, 0.2) is 0 Å². The maximum atomic E-state index is 5.89. The molecule has 23 heavy (non-hydrogen) atoms. The highest BCUT2D eigenvalue weighted by atomic mass is 16.5. The molecule has 0 saturated carbocycles. The van der Waals surface area contributed by atoms with Crippen LogP contribution < -0.4 is 4.74 Å². The number of aromatic nitrogens is 2. The molecule has 0 bridgehead atoms. The number of hydrogen-bond donors (Lipinski definition) is 0. The lowest BCUT2D eigenvalue weighted by Gasteiger charge is -2.07. The van der Waals surface area contributed by atoms with Crippen LogP contribution in [0.3, 0.4) is 0 Å². The maximum Gasteiger partial charge on any atom is 0.120 e. The van der Waals surface area contributed by atoms with Crippen molar-refractivity contribution in [1.29, 1.82) is 0 Å². The molecule has 1 aromatic heterocycles. The maximum absolute atomic E-state index is 5.89. The molecular weight excluding hydrogens is 284 g/mol. The van der Waals surface area contributed by atoms with E-state index >= 15 is 0 Å². The van der Waals surface area contributed by atoms with Gasteiger partial charge in [0.05, 0.1) is 5.69 Å². The molecule has 0 unspecified atom stereocenters. The molecule has 0 aliphatic carbocycles. The predicted octanol–water partition coefficient (Wildman–Crippen LogP) is 4.93. The van der Waals surface area contributed by atoms with E-state index in [1.165, 1.54) is 12.0 Å². The molecule has 0 N–H and O–H groups in total. The van der Waals surface area contributed by atoms with E-state index < -0.39 is 0 Å². The lowest BCUT2D eigenvalue weighted by atomic mass is 10.1. The van der Waals surface area contributed by atoms with Gasteiger partial charge in [0.25, 0.3) is 0 Å². The van der Waals surface area contributed by atoms with Gasteiger partial charge in [-0.15, -0.1) is 0 Å². The van der Waals surface area contributed by atoms with Gasteiger partial charge in [-0.2, -0.15) is 5.10 Å². The third-order valence-corrected chi connectivity index (χ3v) is 3.76. The first-order valence-electron chi connectivity index (χ1n) is 8.16. The zero-order valence-corrected chi connectivity index (χ0v) is 13.5. The second-order valence-electron chi connectivity index (χ2n) is 5.62. The topological polar surface area (TPSA) is 27.1 Å². The van der Waals surface area contributed by atoms with Crippen molar-refractivity contribution >= 4 is 0 Å². The molecule has 1 heterocycles. The van der Waals surface area contributed by atoms with Crippen molar-refractivity contribution in [3.8, 4) is 17.0 Å². The standard InChI is InChI=1S/C20H22N2O/c1-2-3-13-22-14-12-20(21-22)18-10-7-11-19(15-18)23-16-17-8-5-4-6-9-17/h4-12,14-15H,2-3,13,16H2,1H3. The van der Waals surface area contributed by atoms with Gasteiger partial charge in [-0.25, -0.2) is 0 Å². The fraction of sp³-hybridized carbons (Fsp3) is 0.250. The lowest BCUT2D eigenvalue weighted by Crippen LogP contribution is -1.98. The monoisotopic (exact) mass is 306 g/mol. The Kier molecular flexibility index (Phi) is 5.09. The molecule has 0 atom stereocenters. The highest BCUT2D eigenvalue weighted by Crippen LogP contribution is 2.23. The Labute approximate surface area is 137 Å². The van der Waals surface area contributed by atoms with E-state index in [-0.39, 0.29) is 0 Å². The van der Waals surface area contributed by atoms with Crippen LogP contribution in [-0.4, -0.2) is 9.78 Å². The Balaban J connectivity index is 1.68. The smallest absolute Gasteiger partial charge is 0.120 e. The fourth-order valence-corrected chi connectivity index (χ4v) is 2.45. The zero-order chi connectivity index (χ0) is 15.9. The number of ether oxygens (including phenoxy) is 1.